The first kappa shape index (κ1) is 11.3. The van der Waals surface area contributed by atoms with Gasteiger partial charge in [-0.05, 0) is 17.7 Å². The lowest BCUT2D eigenvalue weighted by molar-refractivity contribution is -0.115. The van der Waals surface area contributed by atoms with E-state index in [2.05, 4.69) is 31.5 Å². The molecule has 0 aromatic heterocycles. The smallest absolute Gasteiger partial charge is 0.311 e. The third kappa shape index (κ3) is 1.90. The summed E-state index contributed by atoms with van der Waals surface area (Å²) in [5, 5.41) is 10.9. The molecular formula is C13H10BrN3O. The molecule has 0 radical (unpaired) electrons. The van der Waals surface area contributed by atoms with E-state index in [-0.39, 0.29) is 11.9 Å². The Kier molecular flexibility index (Phi) is 2.83. The lowest BCUT2D eigenvalue weighted by Gasteiger charge is -2.23. The number of carbonyl (C=O) groups excluding carboxylic acids is 1. The van der Waals surface area contributed by atoms with Gasteiger partial charge in [-0.25, -0.2) is 0 Å². The van der Waals surface area contributed by atoms with Crippen molar-refractivity contribution in [2.45, 2.75) is 6.04 Å². The third-order valence-electron chi connectivity index (χ3n) is 2.92. The highest BCUT2D eigenvalue weighted by molar-refractivity contribution is 9.10. The van der Waals surface area contributed by atoms with Crippen molar-refractivity contribution in [3.05, 3.63) is 57.7 Å². The molecule has 1 amide bonds. The predicted molar refractivity (Wildman–Crippen MR) is 70.9 cm³/mol. The van der Waals surface area contributed by atoms with E-state index in [9.17, 15) is 4.79 Å². The second-order valence-electron chi connectivity index (χ2n) is 4.09. The molecule has 2 aliphatic heterocycles. The largest absolute Gasteiger partial charge is 0.377 e. The Morgan fingerprint density at radius 2 is 2.28 bits per heavy atom. The number of nitrogens with zero attached hydrogens (tertiary/aromatic N) is 2. The second-order valence-corrected chi connectivity index (χ2v) is 5.01. The van der Waals surface area contributed by atoms with Crippen LogP contribution < -0.4 is 5.32 Å². The highest BCUT2D eigenvalue weighted by Gasteiger charge is 2.28. The van der Waals surface area contributed by atoms with Crippen LogP contribution in [0.1, 0.15) is 11.6 Å². The summed E-state index contributed by atoms with van der Waals surface area (Å²) in [5.41, 5.74) is 2.47. The van der Waals surface area contributed by atoms with Crippen molar-refractivity contribution in [3.63, 3.8) is 0 Å². The molecule has 1 N–H and O–H groups in total. The van der Waals surface area contributed by atoms with Crippen LogP contribution in [0, 0.1) is 0 Å². The summed E-state index contributed by atoms with van der Waals surface area (Å²) < 4.78 is 0.988. The zero-order valence-corrected chi connectivity index (χ0v) is 11.0. The van der Waals surface area contributed by atoms with Gasteiger partial charge in [0.05, 0.1) is 0 Å². The zero-order chi connectivity index (χ0) is 12.5. The van der Waals surface area contributed by atoms with Gasteiger partial charge in [0.15, 0.2) is 0 Å². The number of rotatable bonds is 1. The molecule has 1 aromatic carbocycles. The number of nitrogens with one attached hydrogen (secondary N) is 1. The van der Waals surface area contributed by atoms with Crippen molar-refractivity contribution < 1.29 is 4.79 Å². The van der Waals surface area contributed by atoms with Gasteiger partial charge in [0.25, 0.3) is 0 Å². The molecule has 3 rings (SSSR count). The van der Waals surface area contributed by atoms with Gasteiger partial charge in [0, 0.05) is 16.6 Å². The van der Waals surface area contributed by atoms with E-state index in [1.54, 1.807) is 0 Å². The van der Waals surface area contributed by atoms with Crippen LogP contribution >= 0.6 is 15.9 Å². The molecule has 0 saturated carbocycles. The van der Waals surface area contributed by atoms with Gasteiger partial charge in [0.1, 0.15) is 11.7 Å². The fourth-order valence-electron chi connectivity index (χ4n) is 2.10. The number of halogens is 1. The summed E-state index contributed by atoms with van der Waals surface area (Å²) >= 11 is 3.44. The minimum atomic E-state index is -0.291. The maximum absolute atomic E-state index is 11.6. The normalized spacial score (nSPS) is 21.8. The van der Waals surface area contributed by atoms with Crippen LogP contribution in [0.4, 0.5) is 0 Å². The zero-order valence-electron chi connectivity index (χ0n) is 9.43. The Morgan fingerprint density at radius 3 is 3.11 bits per heavy atom. The van der Waals surface area contributed by atoms with Crippen molar-refractivity contribution in [1.82, 2.24) is 5.32 Å². The average molecular weight is 304 g/mol. The van der Waals surface area contributed by atoms with E-state index in [1.807, 2.05) is 36.4 Å². The monoisotopic (exact) mass is 303 g/mol. The molecule has 18 heavy (non-hydrogen) atoms. The number of hydrogen-bond acceptors (Lipinski definition) is 3. The van der Waals surface area contributed by atoms with Crippen molar-refractivity contribution in [2.75, 3.05) is 6.54 Å². The standard InChI is InChI=1S/C13H10BrN3O/c14-9-4-1-3-8(7-9)11-10-5-2-6-15-12(10)13(18)17-16-11/h1-5,7,11,15H,6H2. The molecule has 90 valence electrons. The second kappa shape index (κ2) is 4.49. The summed E-state index contributed by atoms with van der Waals surface area (Å²) in [5.74, 6) is -0.291. The number of amides is 1. The molecule has 2 aliphatic rings. The van der Waals surface area contributed by atoms with E-state index >= 15 is 0 Å². The van der Waals surface area contributed by atoms with Crippen LogP contribution in [-0.4, -0.2) is 12.5 Å². The van der Waals surface area contributed by atoms with E-state index in [4.69, 9.17) is 0 Å². The Balaban J connectivity index is 2.07. The fraction of sp³-hybridized carbons (Fsp3) is 0.154. The molecule has 0 aliphatic carbocycles. The fourth-order valence-corrected chi connectivity index (χ4v) is 2.52. The lowest BCUT2D eigenvalue weighted by Crippen LogP contribution is -2.27. The molecular weight excluding hydrogens is 294 g/mol. The first-order valence-electron chi connectivity index (χ1n) is 5.61. The number of dihydropyridines is 1. The van der Waals surface area contributed by atoms with Gasteiger partial charge in [-0.3, -0.25) is 4.79 Å². The maximum atomic E-state index is 11.6. The Labute approximate surface area is 113 Å². The van der Waals surface area contributed by atoms with Crippen LogP contribution in [-0.2, 0) is 4.79 Å². The molecule has 0 fully saturated rings. The molecule has 0 saturated heterocycles. The summed E-state index contributed by atoms with van der Waals surface area (Å²) in [6.07, 6.45) is 3.94. The number of benzene rings is 1. The van der Waals surface area contributed by atoms with Crippen molar-refractivity contribution in [3.8, 4) is 0 Å². The predicted octanol–water partition coefficient (Wildman–Crippen LogP) is 2.90. The van der Waals surface area contributed by atoms with Gasteiger partial charge in [-0.1, -0.05) is 40.2 Å². The molecule has 1 aromatic rings. The highest BCUT2D eigenvalue weighted by atomic mass is 79.9. The molecule has 1 unspecified atom stereocenters. The van der Waals surface area contributed by atoms with Crippen LogP contribution in [0.15, 0.2) is 62.4 Å². The maximum Gasteiger partial charge on any atom is 0.311 e. The van der Waals surface area contributed by atoms with E-state index in [1.165, 1.54) is 0 Å². The SMILES string of the molecule is O=C1N=NC(c2cccc(Br)c2)C2=C1NCC=C2. The van der Waals surface area contributed by atoms with Gasteiger partial charge in [-0.15, -0.1) is 5.11 Å². The summed E-state index contributed by atoms with van der Waals surface area (Å²) in [7, 11) is 0. The topological polar surface area (TPSA) is 53.8 Å². The molecule has 2 heterocycles. The van der Waals surface area contributed by atoms with Crippen molar-refractivity contribution in [1.29, 1.82) is 0 Å². The minimum Gasteiger partial charge on any atom is -0.377 e. The number of hydrogen-bond donors (Lipinski definition) is 1. The Morgan fingerprint density at radius 1 is 1.39 bits per heavy atom. The van der Waals surface area contributed by atoms with Gasteiger partial charge in [-0.2, -0.15) is 5.11 Å². The number of carbonyl (C=O) groups is 1. The Hall–Kier alpha value is -1.75. The molecule has 0 bridgehead atoms. The van der Waals surface area contributed by atoms with E-state index in [0.717, 1.165) is 15.6 Å². The number of azo groups is 1. The highest BCUT2D eigenvalue weighted by Crippen LogP contribution is 2.34. The van der Waals surface area contributed by atoms with Crippen molar-refractivity contribution >= 4 is 21.8 Å². The van der Waals surface area contributed by atoms with Crippen molar-refractivity contribution in [2.24, 2.45) is 10.2 Å². The molecule has 4 nitrogen and oxygen atoms in total. The molecule has 5 heteroatoms. The van der Waals surface area contributed by atoms with Gasteiger partial charge >= 0.3 is 5.91 Å². The summed E-state index contributed by atoms with van der Waals surface area (Å²) in [6.45, 7) is 0.658. The molecule has 1 atom stereocenters. The summed E-state index contributed by atoms with van der Waals surface area (Å²) in [4.78, 5) is 11.6. The first-order chi connectivity index (χ1) is 8.75. The quantitative estimate of drug-likeness (QED) is 0.867. The van der Waals surface area contributed by atoms with Gasteiger partial charge < -0.3 is 5.32 Å². The average Bonchev–Trinajstić information content (AvgIpc) is 2.39. The van der Waals surface area contributed by atoms with E-state index in [0.29, 0.717) is 12.2 Å². The minimum absolute atomic E-state index is 0.209. The van der Waals surface area contributed by atoms with Crippen LogP contribution in [0.3, 0.4) is 0 Å². The van der Waals surface area contributed by atoms with Gasteiger partial charge in [0.2, 0.25) is 0 Å². The van der Waals surface area contributed by atoms with E-state index < -0.39 is 0 Å². The Bertz CT molecular complexity index is 604. The van der Waals surface area contributed by atoms with Crippen LogP contribution in [0.2, 0.25) is 0 Å². The molecule has 0 spiro atoms. The first-order valence-corrected chi connectivity index (χ1v) is 6.40. The lowest BCUT2D eigenvalue weighted by atomic mass is 9.94. The van der Waals surface area contributed by atoms with Crippen LogP contribution in [0.5, 0.6) is 0 Å². The van der Waals surface area contributed by atoms with Crippen LogP contribution in [0.25, 0.3) is 0 Å². The summed E-state index contributed by atoms with van der Waals surface area (Å²) in [6, 6.07) is 7.67. The third-order valence-corrected chi connectivity index (χ3v) is 3.41.